The first-order valence-electron chi connectivity index (χ1n) is 5.47. The van der Waals surface area contributed by atoms with Crippen molar-refractivity contribution < 1.29 is 9.60 Å². The third kappa shape index (κ3) is 1.01. The van der Waals surface area contributed by atoms with E-state index in [0.29, 0.717) is 17.0 Å². The second kappa shape index (κ2) is 3.00. The summed E-state index contributed by atoms with van der Waals surface area (Å²) in [5, 5.41) is 15.2. The normalized spacial score (nSPS) is 23.1. The number of nitrogens with zero attached hydrogens (tertiary/aromatic N) is 6. The SMILES string of the molecule is Cc1cccc2c1C(=O)C1=N[N+]3=NN=NC3N=C12. The Morgan fingerprint density at radius 1 is 1.28 bits per heavy atom. The molecule has 1 unspecified atom stereocenters. The summed E-state index contributed by atoms with van der Waals surface area (Å²) >= 11 is 0. The first kappa shape index (κ1) is 9.46. The molecule has 0 radical (unpaired) electrons. The molecule has 2 heterocycles. The zero-order valence-corrected chi connectivity index (χ0v) is 9.40. The quantitative estimate of drug-likeness (QED) is 0.631. The number of benzene rings is 1. The van der Waals surface area contributed by atoms with E-state index >= 15 is 0 Å². The lowest BCUT2D eigenvalue weighted by molar-refractivity contribution is -0.623. The van der Waals surface area contributed by atoms with Gasteiger partial charge in [0.15, 0.2) is 10.9 Å². The van der Waals surface area contributed by atoms with E-state index in [0.717, 1.165) is 11.1 Å². The highest BCUT2D eigenvalue weighted by Gasteiger charge is 2.42. The topological polar surface area (TPSA) is 81.9 Å². The Labute approximate surface area is 101 Å². The highest BCUT2D eigenvalue weighted by atomic mass is 16.1. The summed E-state index contributed by atoms with van der Waals surface area (Å²) in [7, 11) is 0. The lowest BCUT2D eigenvalue weighted by atomic mass is 10.0. The van der Waals surface area contributed by atoms with E-state index in [9.17, 15) is 4.79 Å². The summed E-state index contributed by atoms with van der Waals surface area (Å²) in [6, 6.07) is 5.68. The average molecular weight is 239 g/mol. The molecule has 0 amide bonds. The minimum Gasteiger partial charge on any atom is -0.287 e. The Morgan fingerprint density at radius 3 is 3.06 bits per heavy atom. The maximum Gasteiger partial charge on any atom is 0.374 e. The molecule has 4 rings (SSSR count). The van der Waals surface area contributed by atoms with Crippen molar-refractivity contribution in [1.82, 2.24) is 0 Å². The van der Waals surface area contributed by atoms with Gasteiger partial charge in [0.1, 0.15) is 5.71 Å². The monoisotopic (exact) mass is 239 g/mol. The summed E-state index contributed by atoms with van der Waals surface area (Å²) in [6.45, 7) is 1.90. The molecule has 0 aromatic heterocycles. The summed E-state index contributed by atoms with van der Waals surface area (Å²) in [5.74, 6) is -0.109. The standard InChI is InChI=1S/C11H7N6O/c1-5-3-2-4-6-7(5)10(18)9-8(6)12-11-13-15-16-17(11)14-9/h2-4,11H,1H3/q+1. The lowest BCUT2D eigenvalue weighted by Crippen LogP contribution is -2.28. The van der Waals surface area contributed by atoms with Gasteiger partial charge in [0.05, 0.1) is 0 Å². The minimum absolute atomic E-state index is 0.109. The summed E-state index contributed by atoms with van der Waals surface area (Å²) < 4.78 is 0. The molecule has 18 heavy (non-hydrogen) atoms. The molecule has 86 valence electrons. The van der Waals surface area contributed by atoms with Crippen molar-refractivity contribution in [3.05, 3.63) is 34.9 Å². The molecular weight excluding hydrogens is 232 g/mol. The molecule has 0 saturated heterocycles. The maximum absolute atomic E-state index is 12.3. The summed E-state index contributed by atoms with van der Waals surface area (Å²) in [6.07, 6.45) is -0.567. The van der Waals surface area contributed by atoms with Gasteiger partial charge in [0, 0.05) is 21.0 Å². The van der Waals surface area contributed by atoms with Crippen LogP contribution in [0.2, 0.25) is 0 Å². The number of rotatable bonds is 0. The smallest absolute Gasteiger partial charge is 0.287 e. The molecule has 1 aromatic rings. The maximum atomic E-state index is 12.3. The first-order valence-corrected chi connectivity index (χ1v) is 5.47. The molecule has 1 atom stereocenters. The number of fused-ring (bicyclic) bond motifs is 4. The van der Waals surface area contributed by atoms with Gasteiger partial charge in [0.2, 0.25) is 11.0 Å². The van der Waals surface area contributed by atoms with E-state index in [-0.39, 0.29) is 5.78 Å². The van der Waals surface area contributed by atoms with Gasteiger partial charge < -0.3 is 0 Å². The van der Waals surface area contributed by atoms with Gasteiger partial charge in [-0.15, -0.1) is 0 Å². The van der Waals surface area contributed by atoms with E-state index in [1.807, 2.05) is 25.1 Å². The zero-order valence-electron chi connectivity index (χ0n) is 9.40. The van der Waals surface area contributed by atoms with E-state index in [1.165, 1.54) is 4.81 Å². The molecule has 0 bridgehead atoms. The fourth-order valence-corrected chi connectivity index (χ4v) is 2.31. The molecule has 1 aromatic carbocycles. The van der Waals surface area contributed by atoms with Crippen molar-refractivity contribution >= 4 is 17.2 Å². The molecular formula is C11H7N6O+. The van der Waals surface area contributed by atoms with Crippen LogP contribution in [-0.4, -0.2) is 28.3 Å². The van der Waals surface area contributed by atoms with Crippen LogP contribution in [0.3, 0.4) is 0 Å². The molecule has 1 aliphatic carbocycles. The number of Topliss-reactive ketones (excluding diaryl/α,β-unsaturated/α-hetero) is 1. The van der Waals surface area contributed by atoms with Gasteiger partial charge in [0.25, 0.3) is 0 Å². The van der Waals surface area contributed by atoms with Crippen LogP contribution < -0.4 is 0 Å². The van der Waals surface area contributed by atoms with Crippen LogP contribution in [-0.2, 0) is 0 Å². The highest BCUT2D eigenvalue weighted by Crippen LogP contribution is 2.28. The molecule has 0 N–H and O–H groups in total. The highest BCUT2D eigenvalue weighted by molar-refractivity contribution is 6.78. The Morgan fingerprint density at radius 2 is 2.17 bits per heavy atom. The molecule has 0 spiro atoms. The Hall–Kier alpha value is -2.57. The second-order valence-corrected chi connectivity index (χ2v) is 4.21. The van der Waals surface area contributed by atoms with E-state index in [2.05, 4.69) is 25.7 Å². The van der Waals surface area contributed by atoms with Gasteiger partial charge in [-0.2, -0.15) is 0 Å². The molecule has 7 heteroatoms. The van der Waals surface area contributed by atoms with Crippen LogP contribution in [0.5, 0.6) is 0 Å². The van der Waals surface area contributed by atoms with Crippen molar-refractivity contribution in [1.29, 1.82) is 0 Å². The number of carbonyl (C=O) groups excluding carboxylic acids is 1. The largest absolute Gasteiger partial charge is 0.374 e. The Kier molecular flexibility index (Phi) is 1.58. The third-order valence-corrected chi connectivity index (χ3v) is 3.13. The van der Waals surface area contributed by atoms with Crippen molar-refractivity contribution in [3.8, 4) is 0 Å². The molecule has 2 aliphatic heterocycles. The van der Waals surface area contributed by atoms with Crippen LogP contribution in [0.25, 0.3) is 0 Å². The molecule has 0 saturated carbocycles. The number of hydrazone groups is 1. The fraction of sp³-hybridized carbons (Fsp3) is 0.182. The second-order valence-electron chi connectivity index (χ2n) is 4.21. The summed E-state index contributed by atoms with van der Waals surface area (Å²) in [5.41, 5.74) is 3.34. The van der Waals surface area contributed by atoms with Crippen molar-refractivity contribution in [2.45, 2.75) is 13.2 Å². The van der Waals surface area contributed by atoms with Gasteiger partial charge in [-0.25, -0.2) is 4.99 Å². The molecule has 0 fully saturated rings. The Balaban J connectivity index is 2.02. The predicted molar refractivity (Wildman–Crippen MR) is 60.8 cm³/mol. The van der Waals surface area contributed by atoms with Crippen molar-refractivity contribution in [2.24, 2.45) is 25.7 Å². The van der Waals surface area contributed by atoms with E-state index < -0.39 is 6.29 Å². The number of ketones is 1. The summed E-state index contributed by atoms with van der Waals surface area (Å²) in [4.78, 5) is 17.9. The van der Waals surface area contributed by atoms with Gasteiger partial charge in [-0.1, -0.05) is 23.3 Å². The van der Waals surface area contributed by atoms with Gasteiger partial charge in [-0.05, 0) is 12.5 Å². The number of aryl methyl sites for hydroxylation is 1. The zero-order chi connectivity index (χ0) is 12.3. The minimum atomic E-state index is -0.567. The van der Waals surface area contributed by atoms with Crippen LogP contribution in [0.15, 0.2) is 43.9 Å². The van der Waals surface area contributed by atoms with Crippen molar-refractivity contribution in [2.75, 3.05) is 0 Å². The lowest BCUT2D eigenvalue weighted by Gasteiger charge is -2.05. The number of hydrogen-bond acceptors (Lipinski definition) is 6. The van der Waals surface area contributed by atoms with Gasteiger partial charge in [-0.3, -0.25) is 4.79 Å². The van der Waals surface area contributed by atoms with E-state index in [1.54, 1.807) is 0 Å². The first-order chi connectivity index (χ1) is 8.75. The van der Waals surface area contributed by atoms with Crippen LogP contribution in [0.4, 0.5) is 0 Å². The van der Waals surface area contributed by atoms with Crippen LogP contribution in [0.1, 0.15) is 21.5 Å². The molecule has 3 aliphatic rings. The average Bonchev–Trinajstić information content (AvgIpc) is 2.92. The number of aliphatic imine (C=N–C) groups is 1. The fourth-order valence-electron chi connectivity index (χ4n) is 2.31. The number of carbonyl (C=O) groups is 1. The predicted octanol–water partition coefficient (Wildman–Crippen LogP) is 1.48. The Bertz CT molecular complexity index is 727. The van der Waals surface area contributed by atoms with Crippen LogP contribution in [0, 0.1) is 6.92 Å². The van der Waals surface area contributed by atoms with Crippen molar-refractivity contribution in [3.63, 3.8) is 0 Å². The van der Waals surface area contributed by atoms with Crippen LogP contribution >= 0.6 is 0 Å². The molecule has 7 nitrogen and oxygen atoms in total. The van der Waals surface area contributed by atoms with Gasteiger partial charge >= 0.3 is 6.29 Å². The number of hydrogen-bond donors (Lipinski definition) is 0. The van der Waals surface area contributed by atoms with E-state index in [4.69, 9.17) is 0 Å². The third-order valence-electron chi connectivity index (χ3n) is 3.13.